The molecule has 1 aliphatic rings. The maximum atomic E-state index is 12.1. The van der Waals surface area contributed by atoms with Crippen LogP contribution in [0.2, 0.25) is 5.02 Å². The first kappa shape index (κ1) is 16.9. The fraction of sp³-hybridized carbons (Fsp3) is 0.588. The molecule has 2 rings (SSSR count). The van der Waals surface area contributed by atoms with E-state index in [1.165, 1.54) is 19.3 Å². The predicted molar refractivity (Wildman–Crippen MR) is 92.8 cm³/mol. The van der Waals surface area contributed by atoms with Gasteiger partial charge in [-0.3, -0.25) is 0 Å². The van der Waals surface area contributed by atoms with Crippen molar-refractivity contribution in [3.8, 4) is 0 Å². The zero-order valence-electron chi connectivity index (χ0n) is 13.4. The molecular weight excluding hydrogens is 298 g/mol. The van der Waals surface area contributed by atoms with Crippen LogP contribution in [0.1, 0.15) is 32.6 Å². The van der Waals surface area contributed by atoms with Crippen molar-refractivity contribution in [2.45, 2.75) is 32.6 Å². The minimum atomic E-state index is 0.0651. The van der Waals surface area contributed by atoms with Gasteiger partial charge in [-0.15, -0.1) is 0 Å². The van der Waals surface area contributed by atoms with E-state index in [-0.39, 0.29) is 6.03 Å². The summed E-state index contributed by atoms with van der Waals surface area (Å²) in [6.07, 6.45) is 4.72. The second kappa shape index (κ2) is 8.89. The summed E-state index contributed by atoms with van der Waals surface area (Å²) in [6, 6.07) is 7.94. The minimum Gasteiger partial charge on any atom is -0.367 e. The number of carbonyl (C=O) groups is 1. The average Bonchev–Trinajstić information content (AvgIpc) is 2.55. The van der Waals surface area contributed by atoms with Crippen LogP contribution in [0.15, 0.2) is 24.3 Å². The summed E-state index contributed by atoms with van der Waals surface area (Å²) in [5.41, 5.74) is 1.06. The van der Waals surface area contributed by atoms with E-state index in [1.807, 2.05) is 29.2 Å². The molecule has 0 aromatic heterocycles. The Morgan fingerprint density at radius 1 is 1.14 bits per heavy atom. The molecule has 1 aromatic rings. The van der Waals surface area contributed by atoms with E-state index in [0.717, 1.165) is 49.9 Å². The van der Waals surface area contributed by atoms with Crippen LogP contribution in [0.25, 0.3) is 0 Å². The second-order valence-electron chi connectivity index (χ2n) is 5.72. The van der Waals surface area contributed by atoms with Crippen LogP contribution in [-0.2, 0) is 0 Å². The van der Waals surface area contributed by atoms with Crippen LogP contribution in [0.4, 0.5) is 10.5 Å². The molecule has 1 aromatic carbocycles. The molecule has 122 valence electrons. The highest BCUT2D eigenvalue weighted by atomic mass is 35.5. The first-order valence-electron chi connectivity index (χ1n) is 8.24. The summed E-state index contributed by atoms with van der Waals surface area (Å²) in [5, 5.41) is 3.79. The fourth-order valence-corrected chi connectivity index (χ4v) is 2.97. The van der Waals surface area contributed by atoms with E-state index in [9.17, 15) is 4.79 Å². The Balaban J connectivity index is 1.72. The lowest BCUT2D eigenvalue weighted by Gasteiger charge is -2.36. The van der Waals surface area contributed by atoms with Crippen molar-refractivity contribution in [2.75, 3.05) is 37.6 Å². The molecule has 5 heteroatoms. The molecular formula is C17H26ClN3O. The van der Waals surface area contributed by atoms with E-state index < -0.39 is 0 Å². The van der Waals surface area contributed by atoms with Gasteiger partial charge in [0.25, 0.3) is 0 Å². The monoisotopic (exact) mass is 323 g/mol. The van der Waals surface area contributed by atoms with Crippen LogP contribution < -0.4 is 10.2 Å². The predicted octanol–water partition coefficient (Wildman–Crippen LogP) is 3.75. The Morgan fingerprint density at radius 2 is 1.86 bits per heavy atom. The third-order valence-electron chi connectivity index (χ3n) is 4.07. The SMILES string of the molecule is CCCCCCNC(=O)N1CCN(c2ccccc2Cl)CC1. The summed E-state index contributed by atoms with van der Waals surface area (Å²) in [7, 11) is 0. The van der Waals surface area contributed by atoms with Gasteiger partial charge in [0, 0.05) is 32.7 Å². The zero-order chi connectivity index (χ0) is 15.8. The zero-order valence-corrected chi connectivity index (χ0v) is 14.1. The number of unbranched alkanes of at least 4 members (excludes halogenated alkanes) is 3. The van der Waals surface area contributed by atoms with Crippen molar-refractivity contribution in [3.05, 3.63) is 29.3 Å². The van der Waals surface area contributed by atoms with Gasteiger partial charge in [-0.25, -0.2) is 4.79 Å². The molecule has 4 nitrogen and oxygen atoms in total. The fourth-order valence-electron chi connectivity index (χ4n) is 2.72. The molecule has 1 aliphatic heterocycles. The lowest BCUT2D eigenvalue weighted by atomic mass is 10.2. The number of hydrogen-bond donors (Lipinski definition) is 1. The Hall–Kier alpha value is -1.42. The van der Waals surface area contributed by atoms with E-state index in [4.69, 9.17) is 11.6 Å². The maximum Gasteiger partial charge on any atom is 0.317 e. The van der Waals surface area contributed by atoms with Gasteiger partial charge >= 0.3 is 6.03 Å². The number of benzene rings is 1. The van der Waals surface area contributed by atoms with Gasteiger partial charge in [0.2, 0.25) is 0 Å². The Kier molecular flexibility index (Phi) is 6.84. The summed E-state index contributed by atoms with van der Waals surface area (Å²) in [4.78, 5) is 16.3. The molecule has 1 heterocycles. The number of nitrogens with one attached hydrogen (secondary N) is 1. The van der Waals surface area contributed by atoms with Crippen LogP contribution in [-0.4, -0.2) is 43.7 Å². The Bertz CT molecular complexity index is 473. The quantitative estimate of drug-likeness (QED) is 0.809. The number of carbonyl (C=O) groups excluding carboxylic acids is 1. The van der Waals surface area contributed by atoms with Gasteiger partial charge in [0.05, 0.1) is 10.7 Å². The van der Waals surface area contributed by atoms with Crippen molar-refractivity contribution in [1.82, 2.24) is 10.2 Å². The van der Waals surface area contributed by atoms with E-state index >= 15 is 0 Å². The number of urea groups is 1. The molecule has 1 fully saturated rings. The van der Waals surface area contributed by atoms with Crippen molar-refractivity contribution < 1.29 is 4.79 Å². The van der Waals surface area contributed by atoms with Crippen LogP contribution in [0.5, 0.6) is 0 Å². The highest BCUT2D eigenvalue weighted by molar-refractivity contribution is 6.33. The van der Waals surface area contributed by atoms with E-state index in [0.29, 0.717) is 0 Å². The van der Waals surface area contributed by atoms with Gasteiger partial charge in [0.1, 0.15) is 0 Å². The lowest BCUT2D eigenvalue weighted by Crippen LogP contribution is -2.52. The maximum absolute atomic E-state index is 12.1. The highest BCUT2D eigenvalue weighted by Gasteiger charge is 2.21. The molecule has 1 saturated heterocycles. The van der Waals surface area contributed by atoms with E-state index in [1.54, 1.807) is 0 Å². The molecule has 0 spiro atoms. The molecule has 0 radical (unpaired) electrons. The first-order chi connectivity index (χ1) is 10.7. The molecule has 0 bridgehead atoms. The number of para-hydroxylation sites is 1. The third-order valence-corrected chi connectivity index (χ3v) is 4.39. The molecule has 0 atom stereocenters. The number of nitrogens with zero attached hydrogens (tertiary/aromatic N) is 2. The number of piperazine rings is 1. The van der Waals surface area contributed by atoms with Crippen molar-refractivity contribution >= 4 is 23.3 Å². The summed E-state index contributed by atoms with van der Waals surface area (Å²) >= 11 is 6.23. The van der Waals surface area contributed by atoms with Gasteiger partial charge in [-0.05, 0) is 18.6 Å². The molecule has 0 aliphatic carbocycles. The Morgan fingerprint density at radius 3 is 2.55 bits per heavy atom. The second-order valence-corrected chi connectivity index (χ2v) is 6.13. The molecule has 2 amide bonds. The van der Waals surface area contributed by atoms with Crippen molar-refractivity contribution in [3.63, 3.8) is 0 Å². The lowest BCUT2D eigenvalue weighted by molar-refractivity contribution is 0.194. The van der Waals surface area contributed by atoms with Crippen LogP contribution in [0, 0.1) is 0 Å². The molecule has 22 heavy (non-hydrogen) atoms. The van der Waals surface area contributed by atoms with E-state index in [2.05, 4.69) is 17.1 Å². The van der Waals surface area contributed by atoms with Gasteiger partial charge in [0.15, 0.2) is 0 Å². The first-order valence-corrected chi connectivity index (χ1v) is 8.62. The van der Waals surface area contributed by atoms with Crippen LogP contribution >= 0.6 is 11.6 Å². The van der Waals surface area contributed by atoms with Gasteiger partial charge in [-0.2, -0.15) is 0 Å². The number of halogens is 1. The normalized spacial score (nSPS) is 15.0. The van der Waals surface area contributed by atoms with Crippen molar-refractivity contribution in [2.24, 2.45) is 0 Å². The van der Waals surface area contributed by atoms with Gasteiger partial charge in [-0.1, -0.05) is 49.9 Å². The van der Waals surface area contributed by atoms with Crippen LogP contribution in [0.3, 0.4) is 0 Å². The smallest absolute Gasteiger partial charge is 0.317 e. The standard InChI is InChI=1S/C17H26ClN3O/c1-2-3-4-7-10-19-17(22)21-13-11-20(12-14-21)16-9-6-5-8-15(16)18/h5-6,8-9H,2-4,7,10-14H2,1H3,(H,19,22). The molecule has 0 saturated carbocycles. The highest BCUT2D eigenvalue weighted by Crippen LogP contribution is 2.25. The Labute approximate surface area is 138 Å². The molecule has 0 unspecified atom stereocenters. The number of amides is 2. The number of rotatable bonds is 6. The summed E-state index contributed by atoms with van der Waals surface area (Å²) in [5.74, 6) is 0. The van der Waals surface area contributed by atoms with Crippen molar-refractivity contribution in [1.29, 1.82) is 0 Å². The summed E-state index contributed by atoms with van der Waals surface area (Å²) < 4.78 is 0. The number of hydrogen-bond acceptors (Lipinski definition) is 2. The topological polar surface area (TPSA) is 35.6 Å². The van der Waals surface area contributed by atoms with Gasteiger partial charge < -0.3 is 15.1 Å². The molecule has 1 N–H and O–H groups in total. The average molecular weight is 324 g/mol. The number of anilines is 1. The largest absolute Gasteiger partial charge is 0.367 e. The minimum absolute atomic E-state index is 0.0651. The third kappa shape index (κ3) is 4.80. The summed E-state index contributed by atoms with van der Waals surface area (Å²) in [6.45, 7) is 6.11.